The van der Waals surface area contributed by atoms with E-state index < -0.39 is 0 Å². The van der Waals surface area contributed by atoms with Gasteiger partial charge in [-0.3, -0.25) is 14.9 Å². The molecule has 0 atom stereocenters. The minimum absolute atomic E-state index is 0.845. The Morgan fingerprint density at radius 1 is 0.968 bits per heavy atom. The van der Waals surface area contributed by atoms with Gasteiger partial charge in [0.1, 0.15) is 0 Å². The molecule has 31 heavy (non-hydrogen) atoms. The Balaban J connectivity index is 1.27. The highest BCUT2D eigenvalue weighted by atomic mass is 15.1. The smallest absolute Gasteiger partial charge is 0.173 e. The van der Waals surface area contributed by atoms with E-state index in [9.17, 15) is 0 Å². The molecule has 2 aliphatic rings. The number of pyridine rings is 1. The van der Waals surface area contributed by atoms with Crippen molar-refractivity contribution in [3.8, 4) is 11.3 Å². The summed E-state index contributed by atoms with van der Waals surface area (Å²) in [4.78, 5) is 21.3. The summed E-state index contributed by atoms with van der Waals surface area (Å²) >= 11 is 0. The Hall–Kier alpha value is -2.92. The molecule has 0 N–H and O–H groups in total. The third-order valence-corrected chi connectivity index (χ3v) is 6.51. The number of hydrogen-bond donors (Lipinski definition) is 0. The zero-order chi connectivity index (χ0) is 21.2. The molecule has 0 aliphatic carbocycles. The molecule has 0 saturated carbocycles. The van der Waals surface area contributed by atoms with E-state index in [-0.39, 0.29) is 0 Å². The summed E-state index contributed by atoms with van der Waals surface area (Å²) in [5.41, 5.74) is 9.63. The van der Waals surface area contributed by atoms with Gasteiger partial charge in [-0.1, -0.05) is 24.3 Å². The van der Waals surface area contributed by atoms with Gasteiger partial charge in [0.05, 0.1) is 17.1 Å². The lowest BCUT2D eigenvalue weighted by Gasteiger charge is -2.28. The van der Waals surface area contributed by atoms with E-state index in [1.807, 2.05) is 12.4 Å². The van der Waals surface area contributed by atoms with Crippen LogP contribution in [0, 0.1) is 13.8 Å². The summed E-state index contributed by atoms with van der Waals surface area (Å²) in [5.74, 6) is 0.845. The van der Waals surface area contributed by atoms with Crippen LogP contribution >= 0.6 is 0 Å². The lowest BCUT2D eigenvalue weighted by Crippen LogP contribution is -2.31. The maximum absolute atomic E-state index is 4.86. The summed E-state index contributed by atoms with van der Waals surface area (Å²) < 4.78 is 0. The van der Waals surface area contributed by atoms with Crippen LogP contribution in [0.15, 0.2) is 47.7 Å². The van der Waals surface area contributed by atoms with Crippen molar-refractivity contribution >= 4 is 5.71 Å². The van der Waals surface area contributed by atoms with Crippen LogP contribution in [0.3, 0.4) is 0 Å². The van der Waals surface area contributed by atoms with E-state index in [1.165, 1.54) is 46.4 Å². The fourth-order valence-corrected chi connectivity index (χ4v) is 4.49. The van der Waals surface area contributed by atoms with Gasteiger partial charge in [-0.15, -0.1) is 0 Å². The number of hydrogen-bond acceptors (Lipinski definition) is 5. The van der Waals surface area contributed by atoms with Crippen molar-refractivity contribution in [1.29, 1.82) is 0 Å². The molecule has 0 fully saturated rings. The first-order chi connectivity index (χ1) is 15.2. The average molecular weight is 412 g/mol. The highest BCUT2D eigenvalue weighted by Gasteiger charge is 2.20. The Bertz CT molecular complexity index is 1120. The van der Waals surface area contributed by atoms with Gasteiger partial charge >= 0.3 is 0 Å². The first-order valence-corrected chi connectivity index (χ1v) is 11.3. The van der Waals surface area contributed by atoms with Crippen molar-refractivity contribution in [2.45, 2.75) is 52.6 Å². The molecule has 5 heteroatoms. The Morgan fingerprint density at radius 2 is 1.90 bits per heavy atom. The molecule has 0 bridgehead atoms. The first-order valence-electron chi connectivity index (χ1n) is 11.3. The number of aryl methyl sites for hydroxylation is 1. The summed E-state index contributed by atoms with van der Waals surface area (Å²) in [7, 11) is 0. The SMILES string of the molecule is Cc1cccc(-c2ccc(CN3CCc4nc(C5=NCCCC5)ncc4C3)cn2)c1C. The Labute approximate surface area is 184 Å². The topological polar surface area (TPSA) is 54.3 Å². The fraction of sp³-hybridized carbons (Fsp3) is 0.385. The van der Waals surface area contributed by atoms with Crippen molar-refractivity contribution < 1.29 is 0 Å². The monoisotopic (exact) mass is 411 g/mol. The van der Waals surface area contributed by atoms with Crippen LogP contribution < -0.4 is 0 Å². The van der Waals surface area contributed by atoms with Gasteiger partial charge in [0.25, 0.3) is 0 Å². The second-order valence-corrected chi connectivity index (χ2v) is 8.71. The number of benzene rings is 1. The summed E-state index contributed by atoms with van der Waals surface area (Å²) in [5, 5.41) is 0. The minimum atomic E-state index is 0.845. The molecule has 4 heterocycles. The van der Waals surface area contributed by atoms with Crippen LogP contribution in [0.25, 0.3) is 11.3 Å². The van der Waals surface area contributed by atoms with E-state index in [2.05, 4.69) is 59.1 Å². The second kappa shape index (κ2) is 8.67. The van der Waals surface area contributed by atoms with Crippen LogP contribution in [0.4, 0.5) is 0 Å². The molecule has 1 aromatic carbocycles. The van der Waals surface area contributed by atoms with Gasteiger partial charge in [0.2, 0.25) is 0 Å². The molecule has 2 aliphatic heterocycles. The molecule has 0 saturated heterocycles. The number of aliphatic imine (C=N–C) groups is 1. The maximum atomic E-state index is 4.86. The van der Waals surface area contributed by atoms with E-state index in [0.717, 1.165) is 56.3 Å². The van der Waals surface area contributed by atoms with Crippen molar-refractivity contribution in [1.82, 2.24) is 19.9 Å². The maximum Gasteiger partial charge on any atom is 0.173 e. The summed E-state index contributed by atoms with van der Waals surface area (Å²) in [6, 6.07) is 10.8. The predicted molar refractivity (Wildman–Crippen MR) is 124 cm³/mol. The standard InChI is InChI=1S/C26H29N5/c1-18-6-5-7-22(19(18)2)24-10-9-20(14-28-24)16-31-13-11-23-21(17-31)15-29-26(30-23)25-8-3-4-12-27-25/h5-7,9-10,14-15H,3-4,8,11-13,16-17H2,1-2H3. The third-order valence-electron chi connectivity index (χ3n) is 6.51. The molecule has 3 aromatic rings. The van der Waals surface area contributed by atoms with E-state index >= 15 is 0 Å². The Kier molecular flexibility index (Phi) is 5.60. The lowest BCUT2D eigenvalue weighted by molar-refractivity contribution is 0.242. The second-order valence-electron chi connectivity index (χ2n) is 8.71. The van der Waals surface area contributed by atoms with Crippen molar-refractivity contribution in [3.05, 3.63) is 76.5 Å². The molecule has 5 rings (SSSR count). The predicted octanol–water partition coefficient (Wildman–Crippen LogP) is 4.69. The molecule has 5 nitrogen and oxygen atoms in total. The third kappa shape index (κ3) is 4.28. The molecule has 0 radical (unpaired) electrons. The van der Waals surface area contributed by atoms with Crippen LogP contribution in [-0.2, 0) is 19.5 Å². The average Bonchev–Trinajstić information content (AvgIpc) is 2.82. The molecule has 0 amide bonds. The van der Waals surface area contributed by atoms with Gasteiger partial charge in [-0.2, -0.15) is 0 Å². The van der Waals surface area contributed by atoms with Gasteiger partial charge in [-0.25, -0.2) is 9.97 Å². The minimum Gasteiger partial charge on any atom is -0.294 e. The zero-order valence-electron chi connectivity index (χ0n) is 18.4. The summed E-state index contributed by atoms with van der Waals surface area (Å²) in [6.45, 7) is 8.03. The molecule has 0 spiro atoms. The lowest BCUT2D eigenvalue weighted by atomic mass is 10.0. The Morgan fingerprint density at radius 3 is 2.71 bits per heavy atom. The molecule has 158 valence electrons. The molecule has 2 aromatic heterocycles. The highest BCUT2D eigenvalue weighted by Crippen LogP contribution is 2.25. The molecular weight excluding hydrogens is 382 g/mol. The van der Waals surface area contributed by atoms with E-state index in [1.54, 1.807) is 0 Å². The number of aromatic nitrogens is 3. The van der Waals surface area contributed by atoms with Crippen LogP contribution in [-0.4, -0.2) is 38.7 Å². The van der Waals surface area contributed by atoms with Gasteiger partial charge in [-0.05, 0) is 55.9 Å². The number of rotatable bonds is 4. The largest absolute Gasteiger partial charge is 0.294 e. The van der Waals surface area contributed by atoms with Crippen LogP contribution in [0.2, 0.25) is 0 Å². The van der Waals surface area contributed by atoms with Crippen molar-refractivity contribution in [3.63, 3.8) is 0 Å². The molecule has 0 unspecified atom stereocenters. The van der Waals surface area contributed by atoms with Crippen molar-refractivity contribution in [2.75, 3.05) is 13.1 Å². The van der Waals surface area contributed by atoms with E-state index in [4.69, 9.17) is 9.97 Å². The van der Waals surface area contributed by atoms with Crippen molar-refractivity contribution in [2.24, 2.45) is 4.99 Å². The zero-order valence-corrected chi connectivity index (χ0v) is 18.4. The molecular formula is C26H29N5. The number of nitrogens with zero attached hydrogens (tertiary/aromatic N) is 5. The quantitative estimate of drug-likeness (QED) is 0.625. The van der Waals surface area contributed by atoms with Gasteiger partial charge in [0.15, 0.2) is 5.82 Å². The van der Waals surface area contributed by atoms with Gasteiger partial charge in [0, 0.05) is 56.1 Å². The highest BCUT2D eigenvalue weighted by molar-refractivity contribution is 5.97. The van der Waals surface area contributed by atoms with Gasteiger partial charge < -0.3 is 0 Å². The van der Waals surface area contributed by atoms with Crippen LogP contribution in [0.5, 0.6) is 0 Å². The first kappa shape index (κ1) is 20.0. The van der Waals surface area contributed by atoms with Crippen LogP contribution in [0.1, 0.15) is 53.0 Å². The van der Waals surface area contributed by atoms with E-state index in [0.29, 0.717) is 0 Å². The number of fused-ring (bicyclic) bond motifs is 1. The normalized spacial score (nSPS) is 16.6. The fourth-order valence-electron chi connectivity index (χ4n) is 4.49. The summed E-state index contributed by atoms with van der Waals surface area (Å²) in [6.07, 6.45) is 8.39.